The highest BCUT2D eigenvalue weighted by molar-refractivity contribution is 4.92. The minimum Gasteiger partial charge on any atom is -0.383 e. The molecule has 118 valence electrons. The van der Waals surface area contributed by atoms with Crippen LogP contribution in [0.25, 0.3) is 0 Å². The zero-order chi connectivity index (χ0) is 14.4. The summed E-state index contributed by atoms with van der Waals surface area (Å²) in [5.74, 6) is 1.53. The maximum Gasteiger partial charge on any atom is 0.0685 e. The van der Waals surface area contributed by atoms with Gasteiger partial charge in [0.05, 0.1) is 12.2 Å². The van der Waals surface area contributed by atoms with Gasteiger partial charge in [0.15, 0.2) is 0 Å². The van der Waals surface area contributed by atoms with Gasteiger partial charge in [-0.25, -0.2) is 0 Å². The van der Waals surface area contributed by atoms with Crippen LogP contribution in [0.4, 0.5) is 0 Å². The zero-order valence-corrected chi connectivity index (χ0v) is 13.6. The third-order valence-electron chi connectivity index (χ3n) is 5.60. The van der Waals surface area contributed by atoms with Gasteiger partial charge in [0.25, 0.3) is 0 Å². The Hall–Kier alpha value is -0.120. The molecule has 1 spiro atoms. The molecule has 3 nitrogen and oxygen atoms in total. The first-order chi connectivity index (χ1) is 9.67. The predicted octanol–water partition coefficient (Wildman–Crippen LogP) is 3.38. The van der Waals surface area contributed by atoms with Gasteiger partial charge in [-0.15, -0.1) is 0 Å². The van der Waals surface area contributed by atoms with E-state index in [-0.39, 0.29) is 5.60 Å². The molecule has 3 unspecified atom stereocenters. The van der Waals surface area contributed by atoms with Gasteiger partial charge in [-0.2, -0.15) is 0 Å². The maximum atomic E-state index is 6.22. The van der Waals surface area contributed by atoms with Crippen LogP contribution in [0.15, 0.2) is 0 Å². The molecule has 1 saturated heterocycles. The summed E-state index contributed by atoms with van der Waals surface area (Å²) in [6.45, 7) is 7.46. The first kappa shape index (κ1) is 16.3. The second-order valence-electron chi connectivity index (χ2n) is 6.94. The summed E-state index contributed by atoms with van der Waals surface area (Å²) in [5, 5.41) is 3.61. The van der Waals surface area contributed by atoms with Gasteiger partial charge in [0, 0.05) is 26.3 Å². The molecule has 1 N–H and O–H groups in total. The van der Waals surface area contributed by atoms with Gasteiger partial charge in [-0.05, 0) is 44.4 Å². The lowest BCUT2D eigenvalue weighted by Gasteiger charge is -2.46. The Labute approximate surface area is 124 Å². The van der Waals surface area contributed by atoms with Crippen LogP contribution >= 0.6 is 0 Å². The summed E-state index contributed by atoms with van der Waals surface area (Å²) in [6, 6.07) is 0.564. The maximum absolute atomic E-state index is 6.22. The van der Waals surface area contributed by atoms with Crippen molar-refractivity contribution >= 4 is 0 Å². The molecule has 2 rings (SSSR count). The fourth-order valence-electron chi connectivity index (χ4n) is 4.04. The van der Waals surface area contributed by atoms with Crippen molar-refractivity contribution in [2.45, 2.75) is 70.4 Å². The van der Waals surface area contributed by atoms with Gasteiger partial charge in [-0.3, -0.25) is 0 Å². The molecule has 0 bridgehead atoms. The summed E-state index contributed by atoms with van der Waals surface area (Å²) in [5.41, 5.74) is 0.238. The monoisotopic (exact) mass is 283 g/mol. The molecule has 3 heteroatoms. The first-order valence-corrected chi connectivity index (χ1v) is 8.53. The lowest BCUT2D eigenvalue weighted by Crippen LogP contribution is -2.46. The highest BCUT2D eigenvalue weighted by Gasteiger charge is 2.40. The van der Waals surface area contributed by atoms with Crippen LogP contribution in [0, 0.1) is 11.8 Å². The van der Waals surface area contributed by atoms with E-state index in [0.717, 1.165) is 31.6 Å². The van der Waals surface area contributed by atoms with Gasteiger partial charge in [0.2, 0.25) is 0 Å². The number of hydrogen-bond acceptors (Lipinski definition) is 3. The van der Waals surface area contributed by atoms with Crippen LogP contribution in [-0.2, 0) is 9.47 Å². The molecule has 1 heterocycles. The van der Waals surface area contributed by atoms with E-state index in [1.807, 2.05) is 0 Å². The molecular formula is C17H33NO2. The van der Waals surface area contributed by atoms with E-state index in [2.05, 4.69) is 19.2 Å². The van der Waals surface area contributed by atoms with Crippen LogP contribution in [-0.4, -0.2) is 38.5 Å². The van der Waals surface area contributed by atoms with E-state index in [1.54, 1.807) is 7.11 Å². The van der Waals surface area contributed by atoms with Crippen molar-refractivity contribution in [3.63, 3.8) is 0 Å². The number of methoxy groups -OCH3 is 1. The number of hydrogen-bond donors (Lipinski definition) is 1. The molecule has 0 aromatic rings. The van der Waals surface area contributed by atoms with Crippen LogP contribution in [0.2, 0.25) is 0 Å². The summed E-state index contributed by atoms with van der Waals surface area (Å²) >= 11 is 0. The SMILES string of the molecule is COCCNC(C)C(C)C1CCOC2(CCCCC2)C1. The molecule has 2 aliphatic rings. The number of nitrogens with one attached hydrogen (secondary N) is 1. The Morgan fingerprint density at radius 3 is 2.70 bits per heavy atom. The molecule has 0 aromatic carbocycles. The van der Waals surface area contributed by atoms with E-state index >= 15 is 0 Å². The largest absolute Gasteiger partial charge is 0.383 e. The lowest BCUT2D eigenvalue weighted by molar-refractivity contribution is -0.125. The molecule has 20 heavy (non-hydrogen) atoms. The lowest BCUT2D eigenvalue weighted by atomic mass is 9.71. The Bertz CT molecular complexity index is 271. The average Bonchev–Trinajstić information content (AvgIpc) is 2.47. The van der Waals surface area contributed by atoms with Crippen molar-refractivity contribution in [2.24, 2.45) is 11.8 Å². The molecular weight excluding hydrogens is 250 g/mol. The quantitative estimate of drug-likeness (QED) is 0.758. The predicted molar refractivity (Wildman–Crippen MR) is 83.0 cm³/mol. The van der Waals surface area contributed by atoms with Crippen molar-refractivity contribution in [2.75, 3.05) is 26.9 Å². The van der Waals surface area contributed by atoms with Crippen LogP contribution in [0.3, 0.4) is 0 Å². The van der Waals surface area contributed by atoms with Crippen molar-refractivity contribution in [1.29, 1.82) is 0 Å². The summed E-state index contributed by atoms with van der Waals surface area (Å²) in [6.07, 6.45) is 9.24. The number of ether oxygens (including phenoxy) is 2. The van der Waals surface area contributed by atoms with E-state index in [9.17, 15) is 0 Å². The Kier molecular flexibility index (Phi) is 6.31. The minimum absolute atomic E-state index is 0.238. The van der Waals surface area contributed by atoms with Crippen LogP contribution < -0.4 is 5.32 Å². The van der Waals surface area contributed by atoms with E-state index in [4.69, 9.17) is 9.47 Å². The standard InChI is InChI=1S/C17H33NO2/c1-14(15(2)18-10-12-19-3)16-7-11-20-17(13-16)8-5-4-6-9-17/h14-16,18H,4-13H2,1-3H3. The molecule has 2 fully saturated rings. The normalized spacial score (nSPS) is 29.2. The molecule has 3 atom stereocenters. The third kappa shape index (κ3) is 4.19. The molecule has 0 radical (unpaired) electrons. The molecule has 1 saturated carbocycles. The topological polar surface area (TPSA) is 30.5 Å². The van der Waals surface area contributed by atoms with Crippen LogP contribution in [0.5, 0.6) is 0 Å². The van der Waals surface area contributed by atoms with E-state index in [1.165, 1.54) is 44.9 Å². The van der Waals surface area contributed by atoms with Crippen molar-refractivity contribution in [3.05, 3.63) is 0 Å². The van der Waals surface area contributed by atoms with Gasteiger partial charge in [-0.1, -0.05) is 26.2 Å². The highest BCUT2D eigenvalue weighted by Crippen LogP contribution is 2.43. The fourth-order valence-corrected chi connectivity index (χ4v) is 4.04. The molecule has 1 aliphatic heterocycles. The summed E-state index contributed by atoms with van der Waals surface area (Å²) < 4.78 is 11.3. The van der Waals surface area contributed by atoms with Crippen molar-refractivity contribution in [3.8, 4) is 0 Å². The summed E-state index contributed by atoms with van der Waals surface area (Å²) in [4.78, 5) is 0. The van der Waals surface area contributed by atoms with Crippen LogP contribution in [0.1, 0.15) is 58.8 Å². The second-order valence-corrected chi connectivity index (χ2v) is 6.94. The average molecular weight is 283 g/mol. The molecule has 0 amide bonds. The Balaban J connectivity index is 1.84. The Morgan fingerprint density at radius 1 is 1.25 bits per heavy atom. The third-order valence-corrected chi connectivity index (χ3v) is 5.60. The number of rotatable bonds is 6. The van der Waals surface area contributed by atoms with E-state index in [0.29, 0.717) is 6.04 Å². The van der Waals surface area contributed by atoms with Gasteiger partial charge >= 0.3 is 0 Å². The molecule has 1 aliphatic carbocycles. The van der Waals surface area contributed by atoms with Crippen molar-refractivity contribution in [1.82, 2.24) is 5.32 Å². The zero-order valence-electron chi connectivity index (χ0n) is 13.6. The van der Waals surface area contributed by atoms with E-state index < -0.39 is 0 Å². The first-order valence-electron chi connectivity index (χ1n) is 8.53. The van der Waals surface area contributed by atoms with Gasteiger partial charge in [0.1, 0.15) is 0 Å². The van der Waals surface area contributed by atoms with Crippen molar-refractivity contribution < 1.29 is 9.47 Å². The smallest absolute Gasteiger partial charge is 0.0685 e. The van der Waals surface area contributed by atoms with Gasteiger partial charge < -0.3 is 14.8 Å². The highest BCUT2D eigenvalue weighted by atomic mass is 16.5. The minimum atomic E-state index is 0.238. The fraction of sp³-hybridized carbons (Fsp3) is 1.00. The summed E-state index contributed by atoms with van der Waals surface area (Å²) in [7, 11) is 1.76. The Morgan fingerprint density at radius 2 is 2.00 bits per heavy atom. The molecule has 0 aromatic heterocycles. The second kappa shape index (κ2) is 7.77.